The van der Waals surface area contributed by atoms with Crippen LogP contribution in [0.15, 0.2) is 24.4 Å². The van der Waals surface area contributed by atoms with Crippen LogP contribution in [0, 0.1) is 0 Å². The van der Waals surface area contributed by atoms with Crippen molar-refractivity contribution in [2.24, 2.45) is 0 Å². The van der Waals surface area contributed by atoms with Gasteiger partial charge in [-0.05, 0) is 44.6 Å². The molecule has 1 aliphatic rings. The Morgan fingerprint density at radius 2 is 2.31 bits per heavy atom. The van der Waals surface area contributed by atoms with Gasteiger partial charge in [-0.25, -0.2) is 0 Å². The van der Waals surface area contributed by atoms with Gasteiger partial charge in [0.2, 0.25) is 0 Å². The zero-order chi connectivity index (χ0) is 11.4. The van der Waals surface area contributed by atoms with Crippen molar-refractivity contribution in [2.45, 2.75) is 43.5 Å². The first kappa shape index (κ1) is 11.9. The van der Waals surface area contributed by atoms with E-state index in [1.54, 1.807) is 0 Å². The number of pyridine rings is 1. The molecular formula is C13H20N2S. The fraction of sp³-hybridized carbons (Fsp3) is 0.615. The number of nitrogens with one attached hydrogen (secondary N) is 1. The van der Waals surface area contributed by atoms with Crippen molar-refractivity contribution in [3.8, 4) is 0 Å². The third kappa shape index (κ3) is 2.98. The van der Waals surface area contributed by atoms with Crippen LogP contribution < -0.4 is 5.32 Å². The van der Waals surface area contributed by atoms with Gasteiger partial charge < -0.3 is 5.32 Å². The first-order valence-corrected chi connectivity index (χ1v) is 7.28. The van der Waals surface area contributed by atoms with Crippen molar-refractivity contribution in [3.05, 3.63) is 30.1 Å². The fourth-order valence-electron chi connectivity index (χ4n) is 2.38. The molecule has 1 aliphatic carbocycles. The highest BCUT2D eigenvalue weighted by Crippen LogP contribution is 2.29. The molecule has 3 heteroatoms. The van der Waals surface area contributed by atoms with Crippen LogP contribution >= 0.6 is 11.8 Å². The molecular weight excluding hydrogens is 216 g/mol. The van der Waals surface area contributed by atoms with Crippen LogP contribution in [0.25, 0.3) is 0 Å². The van der Waals surface area contributed by atoms with Crippen molar-refractivity contribution in [2.75, 3.05) is 6.26 Å². The van der Waals surface area contributed by atoms with E-state index in [1.807, 2.05) is 24.0 Å². The molecule has 88 valence electrons. The summed E-state index contributed by atoms with van der Waals surface area (Å²) < 4.78 is 0. The third-order valence-corrected chi connectivity index (χ3v) is 4.43. The van der Waals surface area contributed by atoms with E-state index >= 15 is 0 Å². The van der Waals surface area contributed by atoms with Gasteiger partial charge in [0.05, 0.1) is 5.69 Å². The lowest BCUT2D eigenvalue weighted by Gasteiger charge is -2.19. The maximum absolute atomic E-state index is 4.39. The Bertz CT molecular complexity index is 315. The van der Waals surface area contributed by atoms with Gasteiger partial charge in [-0.2, -0.15) is 11.8 Å². The van der Waals surface area contributed by atoms with E-state index < -0.39 is 0 Å². The Balaban J connectivity index is 1.86. The zero-order valence-corrected chi connectivity index (χ0v) is 10.8. The predicted octanol–water partition coefficient (Wildman–Crippen LogP) is 3.02. The average Bonchev–Trinajstić information content (AvgIpc) is 2.78. The molecule has 3 atom stereocenters. The summed E-state index contributed by atoms with van der Waals surface area (Å²) in [7, 11) is 0. The van der Waals surface area contributed by atoms with Crippen LogP contribution in [0.4, 0.5) is 0 Å². The largest absolute Gasteiger partial charge is 0.306 e. The van der Waals surface area contributed by atoms with Crippen LogP contribution in [0.1, 0.15) is 37.9 Å². The molecule has 2 nitrogen and oxygen atoms in total. The van der Waals surface area contributed by atoms with Crippen molar-refractivity contribution < 1.29 is 0 Å². The molecule has 0 saturated heterocycles. The average molecular weight is 236 g/mol. The molecule has 0 spiro atoms. The molecule has 3 unspecified atom stereocenters. The van der Waals surface area contributed by atoms with Crippen molar-refractivity contribution in [3.63, 3.8) is 0 Å². The molecule has 0 aromatic carbocycles. The molecule has 2 rings (SSSR count). The molecule has 1 aromatic rings. The van der Waals surface area contributed by atoms with Crippen LogP contribution in [0.5, 0.6) is 0 Å². The predicted molar refractivity (Wildman–Crippen MR) is 70.7 cm³/mol. The molecule has 0 aliphatic heterocycles. The highest BCUT2D eigenvalue weighted by atomic mass is 32.2. The van der Waals surface area contributed by atoms with Gasteiger partial charge in [0.25, 0.3) is 0 Å². The summed E-state index contributed by atoms with van der Waals surface area (Å²) in [6, 6.07) is 7.16. The van der Waals surface area contributed by atoms with Gasteiger partial charge in [-0.3, -0.25) is 4.98 Å². The molecule has 1 saturated carbocycles. The van der Waals surface area contributed by atoms with Gasteiger partial charge >= 0.3 is 0 Å². The highest BCUT2D eigenvalue weighted by molar-refractivity contribution is 7.99. The first-order chi connectivity index (χ1) is 7.79. The van der Waals surface area contributed by atoms with E-state index in [-0.39, 0.29) is 0 Å². The number of nitrogens with zero attached hydrogens (tertiary/aromatic N) is 1. The molecule has 0 amide bonds. The van der Waals surface area contributed by atoms with Crippen LogP contribution in [0.2, 0.25) is 0 Å². The van der Waals surface area contributed by atoms with Crippen molar-refractivity contribution in [1.82, 2.24) is 10.3 Å². The quantitative estimate of drug-likeness (QED) is 0.870. The number of rotatable bonds is 4. The van der Waals surface area contributed by atoms with E-state index in [9.17, 15) is 0 Å². The minimum absolute atomic E-state index is 0.367. The Hall–Kier alpha value is -0.540. The Labute approximate surface area is 102 Å². The fourth-order valence-corrected chi connectivity index (χ4v) is 3.17. The van der Waals surface area contributed by atoms with E-state index in [4.69, 9.17) is 0 Å². The highest BCUT2D eigenvalue weighted by Gasteiger charge is 2.25. The Morgan fingerprint density at radius 3 is 2.94 bits per heavy atom. The molecule has 1 fully saturated rings. The summed E-state index contributed by atoms with van der Waals surface area (Å²) in [5, 5.41) is 4.54. The smallest absolute Gasteiger partial charge is 0.0570 e. The van der Waals surface area contributed by atoms with E-state index in [1.165, 1.54) is 19.3 Å². The molecule has 1 N–H and O–H groups in total. The van der Waals surface area contributed by atoms with Gasteiger partial charge in [-0.1, -0.05) is 6.07 Å². The summed E-state index contributed by atoms with van der Waals surface area (Å²) >= 11 is 2.00. The summed E-state index contributed by atoms with van der Waals surface area (Å²) in [5.41, 5.74) is 1.15. The normalized spacial score (nSPS) is 26.9. The van der Waals surface area contributed by atoms with Crippen molar-refractivity contribution in [1.29, 1.82) is 0 Å². The molecule has 0 bridgehead atoms. The lowest BCUT2D eigenvalue weighted by Crippen LogP contribution is -2.30. The topological polar surface area (TPSA) is 24.9 Å². The number of thioether (sulfide) groups is 1. The molecule has 16 heavy (non-hydrogen) atoms. The molecule has 1 heterocycles. The number of hydrogen-bond donors (Lipinski definition) is 1. The Kier molecular flexibility index (Phi) is 4.24. The lowest BCUT2D eigenvalue weighted by molar-refractivity contribution is 0.455. The second-order valence-corrected chi connectivity index (χ2v) is 5.65. The third-order valence-electron chi connectivity index (χ3n) is 3.33. The maximum Gasteiger partial charge on any atom is 0.0570 e. The summed E-state index contributed by atoms with van der Waals surface area (Å²) in [6.45, 7) is 2.20. The Morgan fingerprint density at radius 1 is 1.44 bits per heavy atom. The number of aromatic nitrogens is 1. The standard InChI is InChI=1S/C13H20N2S/c1-10(13-5-3-4-8-14-13)15-11-6-7-12(9-11)16-2/h3-5,8,10-12,15H,6-7,9H2,1-2H3. The minimum Gasteiger partial charge on any atom is -0.306 e. The first-order valence-electron chi connectivity index (χ1n) is 5.99. The second kappa shape index (κ2) is 5.69. The van der Waals surface area contributed by atoms with Crippen LogP contribution in [0.3, 0.4) is 0 Å². The molecule has 0 radical (unpaired) electrons. The maximum atomic E-state index is 4.39. The zero-order valence-electron chi connectivity index (χ0n) is 10.0. The van der Waals surface area contributed by atoms with Crippen LogP contribution in [-0.2, 0) is 0 Å². The monoisotopic (exact) mass is 236 g/mol. The lowest BCUT2D eigenvalue weighted by atomic mass is 10.1. The number of hydrogen-bond acceptors (Lipinski definition) is 3. The van der Waals surface area contributed by atoms with Gasteiger partial charge in [0.1, 0.15) is 0 Å². The second-order valence-electron chi connectivity index (χ2n) is 4.51. The minimum atomic E-state index is 0.367. The van der Waals surface area contributed by atoms with E-state index in [0.29, 0.717) is 12.1 Å². The van der Waals surface area contributed by atoms with E-state index in [0.717, 1.165) is 10.9 Å². The summed E-state index contributed by atoms with van der Waals surface area (Å²) in [5.74, 6) is 0. The van der Waals surface area contributed by atoms with Gasteiger partial charge in [-0.15, -0.1) is 0 Å². The summed E-state index contributed by atoms with van der Waals surface area (Å²) in [4.78, 5) is 4.39. The van der Waals surface area contributed by atoms with E-state index in [2.05, 4.69) is 35.6 Å². The molecule has 1 aromatic heterocycles. The van der Waals surface area contributed by atoms with Crippen molar-refractivity contribution >= 4 is 11.8 Å². The SMILES string of the molecule is CSC1CCC(NC(C)c2ccccn2)C1. The van der Waals surface area contributed by atoms with Crippen LogP contribution in [-0.4, -0.2) is 22.5 Å². The summed E-state index contributed by atoms with van der Waals surface area (Å²) in [6.07, 6.45) is 8.05. The van der Waals surface area contributed by atoms with Gasteiger partial charge in [0, 0.05) is 23.5 Å². The van der Waals surface area contributed by atoms with Gasteiger partial charge in [0.15, 0.2) is 0 Å².